The van der Waals surface area contributed by atoms with Gasteiger partial charge in [-0.2, -0.15) is 5.10 Å². The second-order valence-corrected chi connectivity index (χ2v) is 6.88. The average molecular weight is 349 g/mol. The van der Waals surface area contributed by atoms with E-state index in [2.05, 4.69) is 80.5 Å². The molecule has 0 saturated carbocycles. The first-order valence-electron chi connectivity index (χ1n) is 8.97. The Balaban J connectivity index is 1.98. The number of ether oxygens (including phenoxy) is 1. The molecule has 2 aromatic carbocycles. The number of benzene rings is 2. The molecule has 3 aromatic rings. The summed E-state index contributed by atoms with van der Waals surface area (Å²) in [5.74, 6) is 0. The van der Waals surface area contributed by atoms with Crippen molar-refractivity contribution >= 4 is 0 Å². The van der Waals surface area contributed by atoms with Crippen molar-refractivity contribution in [2.75, 3.05) is 27.3 Å². The maximum Gasteiger partial charge on any atom is 0.0972 e. The van der Waals surface area contributed by atoms with Gasteiger partial charge in [-0.25, -0.2) is 4.68 Å². The monoisotopic (exact) mass is 349 g/mol. The normalized spacial score (nSPS) is 11.3. The molecule has 0 unspecified atom stereocenters. The molecule has 1 heterocycles. The van der Waals surface area contributed by atoms with Crippen LogP contribution >= 0.6 is 0 Å². The van der Waals surface area contributed by atoms with E-state index in [4.69, 9.17) is 9.84 Å². The Hall–Kier alpha value is -2.43. The fraction of sp³-hybridized carbons (Fsp3) is 0.318. The van der Waals surface area contributed by atoms with Gasteiger partial charge in [0.25, 0.3) is 0 Å². The summed E-state index contributed by atoms with van der Waals surface area (Å²) < 4.78 is 7.19. The molecule has 1 aromatic heterocycles. The molecule has 0 fully saturated rings. The first-order chi connectivity index (χ1) is 12.6. The topological polar surface area (TPSA) is 30.3 Å². The van der Waals surface area contributed by atoms with Crippen molar-refractivity contribution < 1.29 is 4.74 Å². The van der Waals surface area contributed by atoms with E-state index in [1.54, 1.807) is 7.11 Å². The number of rotatable bonds is 7. The van der Waals surface area contributed by atoms with Gasteiger partial charge in [0.15, 0.2) is 0 Å². The van der Waals surface area contributed by atoms with Crippen LogP contribution in [0.15, 0.2) is 54.7 Å². The van der Waals surface area contributed by atoms with Gasteiger partial charge in [-0.15, -0.1) is 0 Å². The molecule has 0 aliphatic heterocycles. The Labute approximate surface area is 156 Å². The largest absolute Gasteiger partial charge is 0.383 e. The lowest BCUT2D eigenvalue weighted by molar-refractivity contribution is 0.158. The van der Waals surface area contributed by atoms with Crippen molar-refractivity contribution in [3.8, 4) is 16.9 Å². The summed E-state index contributed by atoms with van der Waals surface area (Å²) >= 11 is 0. The van der Waals surface area contributed by atoms with Gasteiger partial charge in [0.2, 0.25) is 0 Å². The van der Waals surface area contributed by atoms with Gasteiger partial charge < -0.3 is 4.74 Å². The van der Waals surface area contributed by atoms with Crippen LogP contribution < -0.4 is 0 Å². The fourth-order valence-electron chi connectivity index (χ4n) is 3.01. The third-order valence-corrected chi connectivity index (χ3v) is 4.50. The molecule has 0 atom stereocenters. The molecule has 0 saturated heterocycles. The van der Waals surface area contributed by atoms with E-state index >= 15 is 0 Å². The predicted octanol–water partition coefficient (Wildman–Crippen LogP) is 4.23. The lowest BCUT2D eigenvalue weighted by Gasteiger charge is -2.15. The van der Waals surface area contributed by atoms with Gasteiger partial charge in [0.1, 0.15) is 0 Å². The first-order valence-corrected chi connectivity index (χ1v) is 8.97. The second-order valence-electron chi connectivity index (χ2n) is 6.88. The molecule has 4 nitrogen and oxygen atoms in total. The molecule has 0 bridgehead atoms. The number of aromatic nitrogens is 2. The Kier molecular flexibility index (Phi) is 5.86. The summed E-state index contributed by atoms with van der Waals surface area (Å²) in [7, 11) is 3.85. The number of hydrogen-bond acceptors (Lipinski definition) is 3. The summed E-state index contributed by atoms with van der Waals surface area (Å²) in [6.45, 7) is 6.66. The molecule has 0 spiro atoms. The van der Waals surface area contributed by atoms with Crippen LogP contribution in [0.25, 0.3) is 16.9 Å². The van der Waals surface area contributed by atoms with Gasteiger partial charge in [0.05, 0.1) is 18.0 Å². The van der Waals surface area contributed by atoms with Crippen molar-refractivity contribution in [3.63, 3.8) is 0 Å². The van der Waals surface area contributed by atoms with Crippen LogP contribution in [0, 0.1) is 13.8 Å². The molecule has 0 radical (unpaired) electrons. The molecule has 0 aliphatic rings. The van der Waals surface area contributed by atoms with E-state index in [1.165, 1.54) is 16.7 Å². The number of methoxy groups -OCH3 is 1. The van der Waals surface area contributed by atoms with Gasteiger partial charge in [0, 0.05) is 37.5 Å². The predicted molar refractivity (Wildman–Crippen MR) is 107 cm³/mol. The van der Waals surface area contributed by atoms with Gasteiger partial charge >= 0.3 is 0 Å². The number of likely N-dealkylation sites (N-methyl/N-ethyl adjacent to an activating group) is 1. The summed E-state index contributed by atoms with van der Waals surface area (Å²) in [5.41, 5.74) is 6.99. The van der Waals surface area contributed by atoms with Crippen LogP contribution in [0.4, 0.5) is 0 Å². The van der Waals surface area contributed by atoms with Crippen molar-refractivity contribution in [1.82, 2.24) is 14.7 Å². The SMILES string of the molecule is COCCN(C)Cc1cn(-c2ccc(C)cc2)nc1-c1cccc(C)c1. The van der Waals surface area contributed by atoms with E-state index in [0.717, 1.165) is 36.6 Å². The highest BCUT2D eigenvalue weighted by atomic mass is 16.5. The minimum atomic E-state index is 0.725. The Morgan fingerprint density at radius 1 is 1.04 bits per heavy atom. The van der Waals surface area contributed by atoms with E-state index in [-0.39, 0.29) is 0 Å². The minimum absolute atomic E-state index is 0.725. The van der Waals surface area contributed by atoms with Crippen molar-refractivity contribution in [2.45, 2.75) is 20.4 Å². The Bertz CT molecular complexity index is 852. The molecular formula is C22H27N3O. The minimum Gasteiger partial charge on any atom is -0.383 e. The van der Waals surface area contributed by atoms with Crippen LogP contribution in [0.5, 0.6) is 0 Å². The summed E-state index contributed by atoms with van der Waals surface area (Å²) in [6, 6.07) is 17.0. The Morgan fingerprint density at radius 2 is 1.81 bits per heavy atom. The first kappa shape index (κ1) is 18.4. The van der Waals surface area contributed by atoms with Crippen molar-refractivity contribution in [2.24, 2.45) is 0 Å². The average Bonchev–Trinajstić information content (AvgIpc) is 3.04. The molecular weight excluding hydrogens is 322 g/mol. The maximum atomic E-state index is 5.20. The van der Waals surface area contributed by atoms with Crippen LogP contribution in [-0.2, 0) is 11.3 Å². The molecule has 136 valence electrons. The third-order valence-electron chi connectivity index (χ3n) is 4.50. The fourth-order valence-corrected chi connectivity index (χ4v) is 3.01. The van der Waals surface area contributed by atoms with Gasteiger partial charge in [-0.1, -0.05) is 41.5 Å². The number of nitrogens with zero attached hydrogens (tertiary/aromatic N) is 3. The van der Waals surface area contributed by atoms with E-state index in [0.29, 0.717) is 0 Å². The van der Waals surface area contributed by atoms with Gasteiger partial charge in [-0.3, -0.25) is 4.90 Å². The highest BCUT2D eigenvalue weighted by Crippen LogP contribution is 2.25. The van der Waals surface area contributed by atoms with Crippen LogP contribution in [0.1, 0.15) is 16.7 Å². The van der Waals surface area contributed by atoms with Crippen LogP contribution in [0.2, 0.25) is 0 Å². The highest BCUT2D eigenvalue weighted by molar-refractivity contribution is 5.64. The lowest BCUT2D eigenvalue weighted by Crippen LogP contribution is -2.22. The summed E-state index contributed by atoms with van der Waals surface area (Å²) in [4.78, 5) is 2.26. The maximum absolute atomic E-state index is 5.20. The summed E-state index contributed by atoms with van der Waals surface area (Å²) in [5, 5.41) is 4.91. The zero-order valence-electron chi connectivity index (χ0n) is 16.1. The molecule has 3 rings (SSSR count). The number of aryl methyl sites for hydroxylation is 2. The third kappa shape index (κ3) is 4.40. The van der Waals surface area contributed by atoms with E-state index < -0.39 is 0 Å². The zero-order chi connectivity index (χ0) is 18.5. The van der Waals surface area contributed by atoms with Crippen LogP contribution in [0.3, 0.4) is 0 Å². The van der Waals surface area contributed by atoms with Crippen LogP contribution in [-0.4, -0.2) is 42.0 Å². The smallest absolute Gasteiger partial charge is 0.0972 e. The summed E-state index contributed by atoms with van der Waals surface area (Å²) in [6.07, 6.45) is 2.14. The molecule has 0 aliphatic carbocycles. The molecule has 0 amide bonds. The second kappa shape index (κ2) is 8.30. The molecule has 26 heavy (non-hydrogen) atoms. The standard InChI is InChI=1S/C22H27N3O/c1-17-8-10-21(11-9-17)25-16-20(15-24(3)12-13-26-4)22(23-25)19-7-5-6-18(2)14-19/h5-11,14,16H,12-13,15H2,1-4H3. The van der Waals surface area contributed by atoms with Crippen molar-refractivity contribution in [1.29, 1.82) is 0 Å². The lowest BCUT2D eigenvalue weighted by atomic mass is 10.1. The van der Waals surface area contributed by atoms with Gasteiger partial charge in [-0.05, 0) is 39.1 Å². The Morgan fingerprint density at radius 3 is 2.50 bits per heavy atom. The quantitative estimate of drug-likeness (QED) is 0.639. The highest BCUT2D eigenvalue weighted by Gasteiger charge is 2.14. The molecule has 0 N–H and O–H groups in total. The van der Waals surface area contributed by atoms with E-state index in [9.17, 15) is 0 Å². The number of hydrogen-bond donors (Lipinski definition) is 0. The zero-order valence-corrected chi connectivity index (χ0v) is 16.1. The van der Waals surface area contributed by atoms with E-state index in [1.807, 2.05) is 4.68 Å². The van der Waals surface area contributed by atoms with Crippen molar-refractivity contribution in [3.05, 3.63) is 71.4 Å². The molecule has 4 heteroatoms.